The lowest BCUT2D eigenvalue weighted by atomic mass is 9.99. The van der Waals surface area contributed by atoms with Crippen molar-refractivity contribution in [3.05, 3.63) is 0 Å². The Labute approximate surface area is 102 Å². The van der Waals surface area contributed by atoms with Crippen molar-refractivity contribution in [1.82, 2.24) is 4.90 Å². The normalized spacial score (nSPS) is 38.1. The first-order valence-corrected chi connectivity index (χ1v) is 7.88. The summed E-state index contributed by atoms with van der Waals surface area (Å²) >= 11 is 0. The van der Waals surface area contributed by atoms with Crippen LogP contribution >= 0.6 is 0 Å². The average Bonchev–Trinajstić information content (AvgIpc) is 2.59. The average molecular weight is 261 g/mol. The lowest BCUT2D eigenvalue weighted by Crippen LogP contribution is -2.42. The van der Waals surface area contributed by atoms with Crippen LogP contribution in [-0.2, 0) is 14.6 Å². The van der Waals surface area contributed by atoms with Gasteiger partial charge in [0.1, 0.15) is 0 Å². The van der Waals surface area contributed by atoms with Crippen LogP contribution in [0.3, 0.4) is 0 Å². The molecule has 2 heterocycles. The molecule has 0 spiro atoms. The van der Waals surface area contributed by atoms with E-state index in [0.29, 0.717) is 19.5 Å². The first kappa shape index (κ1) is 12.8. The number of hydrogen-bond donors (Lipinski definition) is 1. The first-order chi connectivity index (χ1) is 7.89. The Bertz CT molecular complexity index is 406. The number of hydrogen-bond acceptors (Lipinski definition) is 4. The smallest absolute Gasteiger partial charge is 0.308 e. The van der Waals surface area contributed by atoms with Gasteiger partial charge in [-0.3, -0.25) is 9.69 Å². The molecule has 0 radical (unpaired) electrons. The molecule has 0 bridgehead atoms. The third-order valence-electron chi connectivity index (χ3n) is 3.91. The molecule has 98 valence electrons. The van der Waals surface area contributed by atoms with Crippen molar-refractivity contribution in [2.75, 3.05) is 24.6 Å². The van der Waals surface area contributed by atoms with E-state index in [0.717, 1.165) is 6.42 Å². The minimum atomic E-state index is -2.91. The fourth-order valence-electron chi connectivity index (χ4n) is 2.91. The van der Waals surface area contributed by atoms with Gasteiger partial charge in [-0.15, -0.1) is 0 Å². The number of rotatable bonds is 2. The van der Waals surface area contributed by atoms with Gasteiger partial charge in [-0.1, -0.05) is 6.92 Å². The van der Waals surface area contributed by atoms with Crippen LogP contribution in [0.15, 0.2) is 0 Å². The van der Waals surface area contributed by atoms with Crippen molar-refractivity contribution >= 4 is 15.8 Å². The number of carbonyl (C=O) groups is 1. The Morgan fingerprint density at radius 2 is 2.06 bits per heavy atom. The molecule has 0 saturated carbocycles. The van der Waals surface area contributed by atoms with Crippen LogP contribution in [0.5, 0.6) is 0 Å². The Balaban J connectivity index is 2.03. The molecule has 0 aliphatic carbocycles. The summed E-state index contributed by atoms with van der Waals surface area (Å²) < 4.78 is 23.1. The zero-order valence-electron chi connectivity index (χ0n) is 10.0. The van der Waals surface area contributed by atoms with E-state index >= 15 is 0 Å². The largest absolute Gasteiger partial charge is 0.481 e. The predicted octanol–water partition coefficient (Wildman–Crippen LogP) is 0.216. The number of carboxylic acids is 1. The standard InChI is InChI=1S/C11H19NO4S/c1-8-5-12(6-10(8)11(13)14)9-3-2-4-17(15,16)7-9/h8-10H,2-7H2,1H3,(H,13,14). The molecule has 1 N–H and O–H groups in total. The Hall–Kier alpha value is -0.620. The summed E-state index contributed by atoms with van der Waals surface area (Å²) in [4.78, 5) is 13.1. The maximum Gasteiger partial charge on any atom is 0.308 e. The van der Waals surface area contributed by atoms with Crippen LogP contribution in [-0.4, -0.2) is 55.0 Å². The summed E-state index contributed by atoms with van der Waals surface area (Å²) in [5.74, 6) is -0.517. The molecular formula is C11H19NO4S. The van der Waals surface area contributed by atoms with Crippen molar-refractivity contribution < 1.29 is 18.3 Å². The van der Waals surface area contributed by atoms with Crippen LogP contribution in [0, 0.1) is 11.8 Å². The van der Waals surface area contributed by atoms with Gasteiger partial charge < -0.3 is 5.11 Å². The first-order valence-electron chi connectivity index (χ1n) is 6.06. The SMILES string of the molecule is CC1CN(C2CCCS(=O)(=O)C2)CC1C(=O)O. The Kier molecular flexibility index (Phi) is 3.45. The van der Waals surface area contributed by atoms with Crippen LogP contribution in [0.1, 0.15) is 19.8 Å². The lowest BCUT2D eigenvalue weighted by Gasteiger charge is -2.30. The van der Waals surface area contributed by atoms with Crippen molar-refractivity contribution in [3.63, 3.8) is 0 Å². The van der Waals surface area contributed by atoms with E-state index in [-0.39, 0.29) is 29.4 Å². The number of sulfone groups is 1. The van der Waals surface area contributed by atoms with Gasteiger partial charge in [0.2, 0.25) is 0 Å². The highest BCUT2D eigenvalue weighted by molar-refractivity contribution is 7.91. The van der Waals surface area contributed by atoms with Crippen molar-refractivity contribution in [2.24, 2.45) is 11.8 Å². The highest BCUT2D eigenvalue weighted by Gasteiger charge is 2.39. The van der Waals surface area contributed by atoms with E-state index in [1.54, 1.807) is 0 Å². The van der Waals surface area contributed by atoms with Gasteiger partial charge in [-0.05, 0) is 18.8 Å². The van der Waals surface area contributed by atoms with E-state index in [1.807, 2.05) is 6.92 Å². The molecular weight excluding hydrogens is 242 g/mol. The predicted molar refractivity (Wildman–Crippen MR) is 63.5 cm³/mol. The minimum absolute atomic E-state index is 0.0283. The topological polar surface area (TPSA) is 74.7 Å². The highest BCUT2D eigenvalue weighted by Crippen LogP contribution is 2.28. The molecule has 2 saturated heterocycles. The van der Waals surface area contributed by atoms with Crippen molar-refractivity contribution in [3.8, 4) is 0 Å². The monoisotopic (exact) mass is 261 g/mol. The van der Waals surface area contributed by atoms with Gasteiger partial charge in [0, 0.05) is 19.1 Å². The molecule has 2 aliphatic rings. The van der Waals surface area contributed by atoms with Crippen molar-refractivity contribution in [2.45, 2.75) is 25.8 Å². The number of carboxylic acid groups (broad SMARTS) is 1. The van der Waals surface area contributed by atoms with Gasteiger partial charge in [-0.25, -0.2) is 8.42 Å². The van der Waals surface area contributed by atoms with Gasteiger partial charge in [0.15, 0.2) is 9.84 Å². The molecule has 5 nitrogen and oxygen atoms in total. The Morgan fingerprint density at radius 1 is 1.35 bits per heavy atom. The minimum Gasteiger partial charge on any atom is -0.481 e. The van der Waals surface area contributed by atoms with E-state index in [1.165, 1.54) is 0 Å². The van der Waals surface area contributed by atoms with Crippen LogP contribution in [0.25, 0.3) is 0 Å². The molecule has 3 unspecified atom stereocenters. The van der Waals surface area contributed by atoms with E-state index in [4.69, 9.17) is 5.11 Å². The number of aliphatic carboxylic acids is 1. The van der Waals surface area contributed by atoms with Gasteiger partial charge in [0.25, 0.3) is 0 Å². The van der Waals surface area contributed by atoms with Crippen LogP contribution in [0.4, 0.5) is 0 Å². The molecule has 0 aromatic heterocycles. The molecule has 0 aromatic rings. The Morgan fingerprint density at radius 3 is 2.59 bits per heavy atom. The second kappa shape index (κ2) is 4.57. The summed E-state index contributed by atoms with van der Waals surface area (Å²) in [5, 5.41) is 9.06. The third-order valence-corrected chi connectivity index (χ3v) is 5.72. The zero-order valence-corrected chi connectivity index (χ0v) is 10.8. The van der Waals surface area contributed by atoms with E-state index < -0.39 is 15.8 Å². The quantitative estimate of drug-likeness (QED) is 0.769. The maximum absolute atomic E-state index is 11.6. The fraction of sp³-hybridized carbons (Fsp3) is 0.909. The van der Waals surface area contributed by atoms with E-state index in [2.05, 4.69) is 4.90 Å². The molecule has 2 aliphatic heterocycles. The summed E-state index contributed by atoms with van der Waals surface area (Å²) in [6.07, 6.45) is 1.58. The second-order valence-corrected chi connectivity index (χ2v) is 7.52. The summed E-state index contributed by atoms with van der Waals surface area (Å²) in [6, 6.07) is 0.0283. The van der Waals surface area contributed by atoms with E-state index in [9.17, 15) is 13.2 Å². The van der Waals surface area contributed by atoms with Gasteiger partial charge in [-0.2, -0.15) is 0 Å². The molecule has 0 amide bonds. The second-order valence-electron chi connectivity index (χ2n) is 5.29. The van der Waals surface area contributed by atoms with Gasteiger partial charge >= 0.3 is 5.97 Å². The molecule has 17 heavy (non-hydrogen) atoms. The summed E-state index contributed by atoms with van der Waals surface area (Å²) in [7, 11) is -2.91. The van der Waals surface area contributed by atoms with Crippen molar-refractivity contribution in [1.29, 1.82) is 0 Å². The number of likely N-dealkylation sites (tertiary alicyclic amines) is 1. The van der Waals surface area contributed by atoms with Crippen LogP contribution in [0.2, 0.25) is 0 Å². The third kappa shape index (κ3) is 2.80. The van der Waals surface area contributed by atoms with Gasteiger partial charge in [0.05, 0.1) is 17.4 Å². The molecule has 6 heteroatoms. The highest BCUT2D eigenvalue weighted by atomic mass is 32.2. The number of nitrogens with zero attached hydrogens (tertiary/aromatic N) is 1. The summed E-state index contributed by atoms with van der Waals surface area (Å²) in [5.41, 5.74) is 0. The molecule has 2 fully saturated rings. The molecule has 2 rings (SSSR count). The maximum atomic E-state index is 11.6. The summed E-state index contributed by atoms with van der Waals surface area (Å²) in [6.45, 7) is 3.13. The zero-order chi connectivity index (χ0) is 12.6. The van der Waals surface area contributed by atoms with Crippen LogP contribution < -0.4 is 0 Å². The lowest BCUT2D eigenvalue weighted by molar-refractivity contribution is -0.142. The molecule has 3 atom stereocenters. The molecule has 0 aromatic carbocycles. The fourth-order valence-corrected chi connectivity index (χ4v) is 4.65.